The van der Waals surface area contributed by atoms with Gasteiger partial charge in [-0.1, -0.05) is 24.3 Å². The van der Waals surface area contributed by atoms with Crippen molar-refractivity contribution in [2.75, 3.05) is 0 Å². The van der Waals surface area contributed by atoms with Crippen molar-refractivity contribution in [3.05, 3.63) is 81.2 Å². The normalized spacial score (nSPS) is 12.1. The maximum Gasteiger partial charge on any atom is 0.416 e. The number of alkyl halides is 3. The number of aromatic nitrogens is 3. The monoisotopic (exact) mass is 469 g/mol. The van der Waals surface area contributed by atoms with Gasteiger partial charge < -0.3 is 5.11 Å². The Morgan fingerprint density at radius 3 is 2.39 bits per heavy atom. The zero-order chi connectivity index (χ0) is 23.3. The summed E-state index contributed by atoms with van der Waals surface area (Å²) in [5.41, 5.74) is -0.831. The van der Waals surface area contributed by atoms with Crippen LogP contribution in [0.1, 0.15) is 16.3 Å². The second-order valence-electron chi connectivity index (χ2n) is 7.51. The lowest BCUT2D eigenvalue weighted by Gasteiger charge is -2.10. The molecule has 10 heteroatoms. The van der Waals surface area contributed by atoms with E-state index in [0.717, 1.165) is 38.9 Å². The Kier molecular flexibility index (Phi) is 4.89. The number of benzene rings is 3. The molecule has 0 fully saturated rings. The van der Waals surface area contributed by atoms with Gasteiger partial charge in [0.05, 0.1) is 39.8 Å². The highest BCUT2D eigenvalue weighted by atomic mass is 32.1. The maximum absolute atomic E-state index is 13.2. The van der Waals surface area contributed by atoms with Crippen molar-refractivity contribution < 1.29 is 23.1 Å². The first-order valence-corrected chi connectivity index (χ1v) is 10.6. The van der Waals surface area contributed by atoms with Gasteiger partial charge in [-0.25, -0.2) is 9.67 Å². The van der Waals surface area contributed by atoms with E-state index in [0.29, 0.717) is 20.5 Å². The Labute approximate surface area is 187 Å². The Morgan fingerprint density at radius 2 is 1.73 bits per heavy atom. The Bertz CT molecular complexity index is 1620. The molecule has 6 nitrogen and oxygen atoms in total. The van der Waals surface area contributed by atoms with Crippen LogP contribution in [0.4, 0.5) is 13.2 Å². The van der Waals surface area contributed by atoms with Crippen LogP contribution < -0.4 is 5.56 Å². The number of hydrogen-bond acceptors (Lipinski definition) is 5. The van der Waals surface area contributed by atoms with Crippen LogP contribution in [0.25, 0.3) is 31.8 Å². The van der Waals surface area contributed by atoms with E-state index in [9.17, 15) is 27.9 Å². The molecule has 2 heterocycles. The van der Waals surface area contributed by atoms with E-state index in [1.807, 2.05) is 24.3 Å². The molecule has 0 aliphatic carbocycles. The fourth-order valence-electron chi connectivity index (χ4n) is 3.77. The van der Waals surface area contributed by atoms with Crippen molar-refractivity contribution in [2.24, 2.45) is 0 Å². The minimum absolute atomic E-state index is 0.0884. The van der Waals surface area contributed by atoms with Crippen molar-refractivity contribution in [3.8, 4) is 0 Å². The predicted molar refractivity (Wildman–Crippen MR) is 119 cm³/mol. The third kappa shape index (κ3) is 3.93. The van der Waals surface area contributed by atoms with E-state index in [1.165, 1.54) is 6.07 Å². The molecule has 0 aliphatic heterocycles. The van der Waals surface area contributed by atoms with Crippen LogP contribution in [0.15, 0.2) is 59.4 Å². The molecule has 3 aromatic carbocycles. The SMILES string of the molecule is O=C(O)Cc1nn(Cc2nc3cc(C(F)(F)F)ccc3s2)c(=O)c2cc3ccccc3cc12. The average molecular weight is 469 g/mol. The van der Waals surface area contributed by atoms with Gasteiger partial charge in [-0.05, 0) is 41.1 Å². The Morgan fingerprint density at radius 1 is 1.03 bits per heavy atom. The van der Waals surface area contributed by atoms with E-state index in [4.69, 9.17) is 0 Å². The largest absolute Gasteiger partial charge is 0.481 e. The molecule has 0 saturated heterocycles. The van der Waals surface area contributed by atoms with Gasteiger partial charge in [0.1, 0.15) is 5.01 Å². The lowest BCUT2D eigenvalue weighted by Crippen LogP contribution is -2.26. The summed E-state index contributed by atoms with van der Waals surface area (Å²) in [7, 11) is 0. The molecule has 0 aliphatic rings. The quantitative estimate of drug-likeness (QED) is 0.380. The fourth-order valence-corrected chi connectivity index (χ4v) is 4.70. The summed E-state index contributed by atoms with van der Waals surface area (Å²) >= 11 is 1.15. The lowest BCUT2D eigenvalue weighted by atomic mass is 10.0. The number of carbonyl (C=O) groups is 1. The number of thiazole rings is 1. The van der Waals surface area contributed by atoms with Crippen molar-refractivity contribution in [2.45, 2.75) is 19.1 Å². The lowest BCUT2D eigenvalue weighted by molar-refractivity contribution is -0.138. The molecule has 5 aromatic rings. The van der Waals surface area contributed by atoms with Crippen LogP contribution in [0, 0.1) is 0 Å². The van der Waals surface area contributed by atoms with Crippen molar-refractivity contribution in [3.63, 3.8) is 0 Å². The predicted octanol–water partition coefficient (Wildman–Crippen LogP) is 4.85. The number of fused-ring (bicyclic) bond motifs is 3. The highest BCUT2D eigenvalue weighted by molar-refractivity contribution is 7.18. The third-order valence-electron chi connectivity index (χ3n) is 5.27. The third-order valence-corrected chi connectivity index (χ3v) is 6.29. The highest BCUT2D eigenvalue weighted by Crippen LogP contribution is 2.33. The molecule has 0 unspecified atom stereocenters. The first-order chi connectivity index (χ1) is 15.7. The van der Waals surface area contributed by atoms with Gasteiger partial charge in [-0.3, -0.25) is 9.59 Å². The molecule has 1 N–H and O–H groups in total. The number of carboxylic acid groups (broad SMARTS) is 1. The van der Waals surface area contributed by atoms with Crippen LogP contribution in [-0.4, -0.2) is 25.8 Å². The van der Waals surface area contributed by atoms with E-state index >= 15 is 0 Å². The van der Waals surface area contributed by atoms with E-state index in [-0.39, 0.29) is 24.2 Å². The summed E-state index contributed by atoms with van der Waals surface area (Å²) < 4.78 is 40.7. The highest BCUT2D eigenvalue weighted by Gasteiger charge is 2.30. The van der Waals surface area contributed by atoms with Crippen LogP contribution in [0.3, 0.4) is 0 Å². The number of halogens is 3. The molecule has 2 aromatic heterocycles. The molecular weight excluding hydrogens is 455 g/mol. The summed E-state index contributed by atoms with van der Waals surface area (Å²) in [4.78, 5) is 28.9. The van der Waals surface area contributed by atoms with Gasteiger partial charge in [-0.2, -0.15) is 18.3 Å². The Balaban J connectivity index is 1.64. The molecule has 0 bridgehead atoms. The maximum atomic E-state index is 13.2. The van der Waals surface area contributed by atoms with Crippen LogP contribution >= 0.6 is 11.3 Å². The first-order valence-electron chi connectivity index (χ1n) is 9.80. The van der Waals surface area contributed by atoms with Gasteiger partial charge in [-0.15, -0.1) is 11.3 Å². The van der Waals surface area contributed by atoms with E-state index in [2.05, 4.69) is 10.1 Å². The molecule has 0 saturated carbocycles. The molecule has 5 rings (SSSR count). The zero-order valence-corrected chi connectivity index (χ0v) is 17.6. The van der Waals surface area contributed by atoms with Crippen molar-refractivity contribution in [1.29, 1.82) is 0 Å². The standard InChI is InChI=1S/C23H14F3N3O3S/c24-23(25,26)14-5-6-19-18(9-14)27-20(33-19)11-29-22(32)16-8-13-4-2-1-3-12(13)7-15(16)17(28-29)10-21(30)31/h1-9H,10-11H2,(H,30,31). The molecule has 0 radical (unpaired) electrons. The molecule has 0 amide bonds. The van der Waals surface area contributed by atoms with Gasteiger partial charge in [0.2, 0.25) is 0 Å². The van der Waals surface area contributed by atoms with Crippen molar-refractivity contribution in [1.82, 2.24) is 14.8 Å². The Hall–Kier alpha value is -3.79. The molecule has 0 spiro atoms. The van der Waals surface area contributed by atoms with Crippen LogP contribution in [0.5, 0.6) is 0 Å². The van der Waals surface area contributed by atoms with Crippen LogP contribution in [-0.2, 0) is 23.9 Å². The fraction of sp³-hybridized carbons (Fsp3) is 0.130. The van der Waals surface area contributed by atoms with E-state index < -0.39 is 23.3 Å². The van der Waals surface area contributed by atoms with Crippen LogP contribution in [0.2, 0.25) is 0 Å². The molecule has 0 atom stereocenters. The minimum atomic E-state index is -4.48. The number of hydrogen-bond donors (Lipinski definition) is 1. The number of rotatable bonds is 4. The number of nitrogens with zero attached hydrogens (tertiary/aromatic N) is 3. The molecular formula is C23H14F3N3O3S. The van der Waals surface area contributed by atoms with Gasteiger partial charge in [0, 0.05) is 5.39 Å². The minimum Gasteiger partial charge on any atom is -0.481 e. The first kappa shape index (κ1) is 21.1. The second kappa shape index (κ2) is 7.66. The summed E-state index contributed by atoms with van der Waals surface area (Å²) in [5, 5.41) is 16.5. The van der Waals surface area contributed by atoms with Gasteiger partial charge in [0.15, 0.2) is 0 Å². The molecule has 166 valence electrons. The average Bonchev–Trinajstić information content (AvgIpc) is 3.16. The second-order valence-corrected chi connectivity index (χ2v) is 8.63. The van der Waals surface area contributed by atoms with E-state index in [1.54, 1.807) is 12.1 Å². The summed E-state index contributed by atoms with van der Waals surface area (Å²) in [5.74, 6) is -1.10. The summed E-state index contributed by atoms with van der Waals surface area (Å²) in [6.45, 7) is -0.0884. The summed E-state index contributed by atoms with van der Waals surface area (Å²) in [6.07, 6.45) is -4.87. The van der Waals surface area contributed by atoms with Gasteiger partial charge in [0.25, 0.3) is 5.56 Å². The molecule has 33 heavy (non-hydrogen) atoms. The topological polar surface area (TPSA) is 85.1 Å². The van der Waals surface area contributed by atoms with Gasteiger partial charge >= 0.3 is 12.1 Å². The summed E-state index contributed by atoms with van der Waals surface area (Å²) in [6, 6.07) is 14.1. The smallest absolute Gasteiger partial charge is 0.416 e. The number of aliphatic carboxylic acids is 1. The van der Waals surface area contributed by atoms with Crippen molar-refractivity contribution >= 4 is 49.1 Å². The zero-order valence-electron chi connectivity index (χ0n) is 16.8. The number of carboxylic acids is 1.